The molecular weight excluding hydrogens is 606 g/mol. The Labute approximate surface area is 153 Å². The molecule has 0 aliphatic carbocycles. The van der Waals surface area contributed by atoms with Crippen LogP contribution in [-0.2, 0) is 38.3 Å². The smallest absolute Gasteiger partial charge is 2.00 e. The minimum atomic E-state index is 0. The molecule has 7 nitrogen and oxygen atoms in total. The Bertz CT molecular complexity index is 19.4. The summed E-state index contributed by atoms with van der Waals surface area (Å²) in [6, 6.07) is 0. The van der Waals surface area contributed by atoms with Crippen molar-refractivity contribution in [2.75, 3.05) is 0 Å². The van der Waals surface area contributed by atoms with Gasteiger partial charge in [0.05, 0.1) is 0 Å². The van der Waals surface area contributed by atoms with E-state index in [-0.39, 0.29) is 155 Å². The number of hydrogen-bond donors (Lipinski definition) is 0. The Hall–Kier alpha value is 3.59. The molecule has 0 atom stereocenters. The summed E-state index contributed by atoms with van der Waals surface area (Å²) in [4.78, 5) is 0. The number of hydrogen-bond acceptors (Lipinski definition) is 0. The summed E-state index contributed by atoms with van der Waals surface area (Å²) in [5.74, 6) is 0. The Morgan fingerprint density at radius 1 is 0.333 bits per heavy atom. The molecule has 0 aromatic carbocycles. The largest absolute Gasteiger partial charge is 4.00 e. The van der Waals surface area contributed by atoms with Gasteiger partial charge in [0.25, 0.3) is 0 Å². The van der Waals surface area contributed by atoms with E-state index in [2.05, 4.69) is 0 Å². The Balaban J connectivity index is 0. The molecule has 59 valence electrons. The molecule has 3 radical (unpaired) electrons. The van der Waals surface area contributed by atoms with Crippen LogP contribution >= 0.6 is 0 Å². The molecule has 0 aliphatic heterocycles. The fraction of sp³-hybridized carbons (Fsp3) is 0. The summed E-state index contributed by atoms with van der Waals surface area (Å²) in [5.41, 5.74) is 0. The molecular formula is AlIn2O7Sn2. The third-order valence-corrected chi connectivity index (χ3v) is 0. The standard InChI is InChI=1S/Al.2In.7O.2Sn/q;2*+3;7*-2;2*+4. The van der Waals surface area contributed by atoms with Gasteiger partial charge in [0.1, 0.15) is 0 Å². The fourth-order valence-corrected chi connectivity index (χ4v) is 0. The summed E-state index contributed by atoms with van der Waals surface area (Å²) in [6.07, 6.45) is 0. The van der Waals surface area contributed by atoms with Crippen LogP contribution in [0.2, 0.25) is 0 Å². The zero-order chi connectivity index (χ0) is 0. The van der Waals surface area contributed by atoms with Gasteiger partial charge in [-0.05, 0) is 0 Å². The first kappa shape index (κ1) is 257. The monoisotopic (exact) mass is 609 g/mol. The van der Waals surface area contributed by atoms with Gasteiger partial charge in [0.15, 0.2) is 0 Å². The molecule has 0 bridgehead atoms. The van der Waals surface area contributed by atoms with Crippen LogP contribution in [0.25, 0.3) is 0 Å². The van der Waals surface area contributed by atoms with Crippen LogP contribution in [0.4, 0.5) is 0 Å². The van der Waals surface area contributed by atoms with Crippen LogP contribution in [0.1, 0.15) is 0 Å². The minimum Gasteiger partial charge on any atom is -2.00 e. The van der Waals surface area contributed by atoms with Gasteiger partial charge in [-0.25, -0.2) is 0 Å². The molecule has 0 saturated carbocycles. The Kier molecular flexibility index (Phi) is 4490. The molecule has 0 heterocycles. The summed E-state index contributed by atoms with van der Waals surface area (Å²) < 4.78 is 0. The van der Waals surface area contributed by atoms with Crippen molar-refractivity contribution in [3.05, 3.63) is 0 Å². The normalized spacial score (nSPS) is 0. The van der Waals surface area contributed by atoms with Crippen LogP contribution in [-0.4, -0.2) is 117 Å². The van der Waals surface area contributed by atoms with Gasteiger partial charge in [0, 0.05) is 17.4 Å². The van der Waals surface area contributed by atoms with Crippen molar-refractivity contribution < 1.29 is 38.3 Å². The van der Waals surface area contributed by atoms with Crippen LogP contribution < -0.4 is 0 Å². The Morgan fingerprint density at radius 2 is 0.333 bits per heavy atom. The van der Waals surface area contributed by atoms with Crippen molar-refractivity contribution >= 4 is 117 Å². The fourth-order valence-electron chi connectivity index (χ4n) is 0. The molecule has 0 rings (SSSR count). The van der Waals surface area contributed by atoms with Crippen molar-refractivity contribution in [2.24, 2.45) is 0 Å². The summed E-state index contributed by atoms with van der Waals surface area (Å²) in [6.45, 7) is 0. The van der Waals surface area contributed by atoms with Crippen molar-refractivity contribution in [1.29, 1.82) is 0 Å². The van der Waals surface area contributed by atoms with Crippen molar-refractivity contribution in [2.45, 2.75) is 0 Å². The SMILES string of the molecule is [Al].[In+3].[In+3].[O-2].[O-2].[O-2].[O-2].[O-2].[O-2].[O-2].[Sn+4].[Sn+4]. The topological polar surface area (TPSA) is 200 Å². The molecule has 12 heavy (non-hydrogen) atoms. The molecule has 0 spiro atoms. The van der Waals surface area contributed by atoms with Gasteiger partial charge in [-0.15, -0.1) is 0 Å². The third kappa shape index (κ3) is 167. The molecule has 0 aromatic rings. The quantitative estimate of drug-likeness (QED) is 0.258. The van der Waals surface area contributed by atoms with Gasteiger partial charge >= 0.3 is 99.5 Å². The van der Waals surface area contributed by atoms with E-state index < -0.39 is 0 Å². The summed E-state index contributed by atoms with van der Waals surface area (Å²) >= 11 is 0. The maximum Gasteiger partial charge on any atom is 4.00 e. The molecule has 0 saturated heterocycles. The maximum atomic E-state index is 0. The molecule has 12 heteroatoms. The van der Waals surface area contributed by atoms with Gasteiger partial charge < -0.3 is 38.3 Å². The predicted molar refractivity (Wildman–Crippen MR) is 33.6 cm³/mol. The molecule has 0 aromatic heterocycles. The van der Waals surface area contributed by atoms with Crippen molar-refractivity contribution in [3.63, 3.8) is 0 Å². The maximum absolute atomic E-state index is 0. The van der Waals surface area contributed by atoms with E-state index in [9.17, 15) is 0 Å². The van der Waals surface area contributed by atoms with E-state index in [1.165, 1.54) is 0 Å². The molecule has 0 fully saturated rings. The second-order valence-electron chi connectivity index (χ2n) is 0. The molecule has 0 amide bonds. The van der Waals surface area contributed by atoms with E-state index in [0.29, 0.717) is 0 Å². The van der Waals surface area contributed by atoms with Gasteiger partial charge in [-0.3, -0.25) is 0 Å². The molecule has 0 N–H and O–H groups in total. The minimum absolute atomic E-state index is 0. The molecule has 0 aliphatic rings. The van der Waals surface area contributed by atoms with Crippen LogP contribution in [0.15, 0.2) is 0 Å². The van der Waals surface area contributed by atoms with E-state index >= 15 is 0 Å². The van der Waals surface area contributed by atoms with Crippen molar-refractivity contribution in [1.82, 2.24) is 0 Å². The average molecular weight is 606 g/mol. The first-order valence-electron chi connectivity index (χ1n) is 0. The summed E-state index contributed by atoms with van der Waals surface area (Å²) in [5, 5.41) is 0. The third-order valence-electron chi connectivity index (χ3n) is 0. The predicted octanol–water partition coefficient (Wildman–Crippen LogP) is -2.74. The van der Waals surface area contributed by atoms with E-state index in [0.717, 1.165) is 0 Å². The van der Waals surface area contributed by atoms with Gasteiger partial charge in [-0.1, -0.05) is 0 Å². The molecule has 0 unspecified atom stereocenters. The average Bonchev–Trinajstić information content (AvgIpc) is 0. The van der Waals surface area contributed by atoms with E-state index in [4.69, 9.17) is 0 Å². The van der Waals surface area contributed by atoms with E-state index in [1.54, 1.807) is 0 Å². The van der Waals surface area contributed by atoms with Gasteiger partial charge in [-0.2, -0.15) is 0 Å². The van der Waals surface area contributed by atoms with E-state index in [1.807, 2.05) is 0 Å². The summed E-state index contributed by atoms with van der Waals surface area (Å²) in [7, 11) is 0. The van der Waals surface area contributed by atoms with Crippen LogP contribution in [0.5, 0.6) is 0 Å². The van der Waals surface area contributed by atoms with Crippen LogP contribution in [0.3, 0.4) is 0 Å². The van der Waals surface area contributed by atoms with Gasteiger partial charge in [0.2, 0.25) is 0 Å². The number of rotatable bonds is 0. The first-order valence-corrected chi connectivity index (χ1v) is 0. The first-order chi connectivity index (χ1) is 0. The zero-order valence-electron chi connectivity index (χ0n) is 5.59. The van der Waals surface area contributed by atoms with Crippen LogP contribution in [0, 0.1) is 0 Å². The second-order valence-corrected chi connectivity index (χ2v) is 0. The van der Waals surface area contributed by atoms with Crippen molar-refractivity contribution in [3.8, 4) is 0 Å². The zero-order valence-corrected chi connectivity index (χ0v) is 19.0. The Morgan fingerprint density at radius 3 is 0.333 bits per heavy atom. The second kappa shape index (κ2) is 209.